The molecular weight excluding hydrogens is 359 g/mol. The van der Waals surface area contributed by atoms with Crippen LogP contribution in [0.15, 0.2) is 29.3 Å². The van der Waals surface area contributed by atoms with Crippen molar-refractivity contribution in [2.45, 2.75) is 26.7 Å². The number of hydrogen-bond acceptors (Lipinski definition) is 3. The molecule has 3 rings (SSSR count). The van der Waals surface area contributed by atoms with Gasteiger partial charge < -0.3 is 9.30 Å². The maximum absolute atomic E-state index is 12.6. The Bertz CT molecular complexity index is 996. The molecule has 2 aromatic heterocycles. The molecule has 0 aliphatic heterocycles. The van der Waals surface area contributed by atoms with Crippen molar-refractivity contribution < 1.29 is 4.74 Å². The lowest BCUT2D eigenvalue weighted by molar-refractivity contribution is 0.298. The fourth-order valence-electron chi connectivity index (χ4n) is 3.00. The first kappa shape index (κ1) is 18.0. The molecule has 0 saturated heterocycles. The van der Waals surface area contributed by atoms with Crippen LogP contribution in [0.5, 0.6) is 5.75 Å². The summed E-state index contributed by atoms with van der Waals surface area (Å²) in [7, 11) is 1.69. The van der Waals surface area contributed by atoms with E-state index in [9.17, 15) is 4.79 Å². The van der Waals surface area contributed by atoms with Crippen molar-refractivity contribution in [3.63, 3.8) is 0 Å². The molecule has 25 heavy (non-hydrogen) atoms. The summed E-state index contributed by atoms with van der Waals surface area (Å²) in [5.74, 6) is 1.05. The smallest absolute Gasteiger partial charge is 0.260 e. The predicted molar refractivity (Wildman–Crippen MR) is 104 cm³/mol. The molecule has 0 aliphatic rings. The molecule has 1 aromatic carbocycles. The van der Waals surface area contributed by atoms with Gasteiger partial charge in [0.2, 0.25) is 0 Å². The topological polar surface area (TPSA) is 44.1 Å². The second kappa shape index (κ2) is 7.22. The number of pyridine rings is 2. The van der Waals surface area contributed by atoms with Gasteiger partial charge in [0, 0.05) is 24.8 Å². The average molecular weight is 379 g/mol. The van der Waals surface area contributed by atoms with Crippen molar-refractivity contribution in [1.29, 1.82) is 0 Å². The van der Waals surface area contributed by atoms with E-state index in [0.717, 1.165) is 23.6 Å². The Hall–Kier alpha value is -1.78. The maximum atomic E-state index is 12.6. The van der Waals surface area contributed by atoms with Crippen LogP contribution in [-0.2, 0) is 7.05 Å². The van der Waals surface area contributed by atoms with Crippen LogP contribution >= 0.6 is 23.2 Å². The lowest BCUT2D eigenvalue weighted by atomic mass is 10.1. The highest BCUT2D eigenvalue weighted by atomic mass is 35.5. The molecule has 2 heterocycles. The van der Waals surface area contributed by atoms with Crippen LogP contribution in [0, 0.1) is 5.92 Å². The lowest BCUT2D eigenvalue weighted by Gasteiger charge is -2.16. The van der Waals surface area contributed by atoms with E-state index in [4.69, 9.17) is 27.9 Å². The van der Waals surface area contributed by atoms with Crippen LogP contribution in [0.1, 0.15) is 26.7 Å². The van der Waals surface area contributed by atoms with E-state index in [2.05, 4.69) is 18.8 Å². The first-order chi connectivity index (χ1) is 11.9. The van der Waals surface area contributed by atoms with Gasteiger partial charge in [-0.15, -0.1) is 0 Å². The Morgan fingerprint density at radius 3 is 2.72 bits per heavy atom. The number of aromatic nitrogens is 2. The third-order valence-electron chi connectivity index (χ3n) is 4.30. The largest absolute Gasteiger partial charge is 0.490 e. The minimum absolute atomic E-state index is 0.148. The Morgan fingerprint density at radius 2 is 2.00 bits per heavy atom. The van der Waals surface area contributed by atoms with Gasteiger partial charge in [-0.3, -0.25) is 9.78 Å². The maximum Gasteiger partial charge on any atom is 0.260 e. The quantitative estimate of drug-likeness (QED) is 0.452. The van der Waals surface area contributed by atoms with Crippen molar-refractivity contribution in [3.8, 4) is 5.75 Å². The molecule has 0 saturated carbocycles. The minimum atomic E-state index is -0.148. The van der Waals surface area contributed by atoms with Gasteiger partial charge in [-0.25, -0.2) is 0 Å². The van der Waals surface area contributed by atoms with Crippen LogP contribution in [-0.4, -0.2) is 16.2 Å². The summed E-state index contributed by atoms with van der Waals surface area (Å²) < 4.78 is 7.37. The van der Waals surface area contributed by atoms with Crippen LogP contribution < -0.4 is 10.3 Å². The Labute approximate surface area is 156 Å². The zero-order chi connectivity index (χ0) is 18.1. The van der Waals surface area contributed by atoms with Crippen molar-refractivity contribution in [1.82, 2.24) is 9.55 Å². The van der Waals surface area contributed by atoms with E-state index in [1.165, 1.54) is 4.57 Å². The number of benzene rings is 1. The number of nitrogens with zero attached hydrogens (tertiary/aromatic N) is 2. The summed E-state index contributed by atoms with van der Waals surface area (Å²) in [5, 5.41) is 2.94. The number of ether oxygens (including phenoxy) is 1. The molecule has 0 amide bonds. The first-order valence-electron chi connectivity index (χ1n) is 8.29. The standard InChI is InChI=1S/C19H20Cl2N2O2/c1-11(2)5-4-8-25-18-15(20)9-13-12-6-7-22-10-14(12)19(24)23(3)17(13)16(18)21/h6-7,9-11H,4-5,8H2,1-3H3. The van der Waals surface area contributed by atoms with Crippen molar-refractivity contribution in [2.24, 2.45) is 13.0 Å². The summed E-state index contributed by atoms with van der Waals surface area (Å²) in [6.07, 6.45) is 5.21. The van der Waals surface area contributed by atoms with Gasteiger partial charge in [0.05, 0.1) is 22.5 Å². The predicted octanol–water partition coefficient (Wildman–Crippen LogP) is 5.21. The number of rotatable bonds is 5. The summed E-state index contributed by atoms with van der Waals surface area (Å²) in [6.45, 7) is 4.88. The van der Waals surface area contributed by atoms with Gasteiger partial charge in [0.25, 0.3) is 5.56 Å². The van der Waals surface area contributed by atoms with Gasteiger partial charge in [0.1, 0.15) is 5.02 Å². The summed E-state index contributed by atoms with van der Waals surface area (Å²) >= 11 is 13.0. The van der Waals surface area contributed by atoms with Gasteiger partial charge in [-0.05, 0) is 36.3 Å². The number of halogens is 2. The highest BCUT2D eigenvalue weighted by molar-refractivity contribution is 6.41. The summed E-state index contributed by atoms with van der Waals surface area (Å²) in [6, 6.07) is 3.61. The van der Waals surface area contributed by atoms with Crippen LogP contribution in [0.2, 0.25) is 10.0 Å². The van der Waals surface area contributed by atoms with Gasteiger partial charge >= 0.3 is 0 Å². The highest BCUT2D eigenvalue weighted by Gasteiger charge is 2.18. The number of aryl methyl sites for hydroxylation is 1. The Balaban J connectivity index is 2.15. The second-order valence-electron chi connectivity index (χ2n) is 6.57. The normalized spacial score (nSPS) is 11.6. The molecule has 0 N–H and O–H groups in total. The SMILES string of the molecule is CC(C)CCCOc1c(Cl)cc2c3ccncc3c(=O)n(C)c2c1Cl. The first-order valence-corrected chi connectivity index (χ1v) is 9.04. The Morgan fingerprint density at radius 1 is 1.24 bits per heavy atom. The van der Waals surface area contributed by atoms with Crippen molar-refractivity contribution in [3.05, 3.63) is 44.9 Å². The number of fused-ring (bicyclic) bond motifs is 3. The van der Waals surface area contributed by atoms with Gasteiger partial charge in [-0.1, -0.05) is 37.0 Å². The van der Waals surface area contributed by atoms with Gasteiger partial charge in [-0.2, -0.15) is 0 Å². The van der Waals surface area contributed by atoms with Crippen molar-refractivity contribution in [2.75, 3.05) is 6.61 Å². The fourth-order valence-corrected chi connectivity index (χ4v) is 3.70. The molecule has 0 radical (unpaired) electrons. The van der Waals surface area contributed by atoms with E-state index in [-0.39, 0.29) is 5.56 Å². The van der Waals surface area contributed by atoms with E-state index in [1.54, 1.807) is 25.5 Å². The molecule has 0 atom stereocenters. The molecule has 0 spiro atoms. The van der Waals surface area contributed by atoms with Crippen LogP contribution in [0.3, 0.4) is 0 Å². The zero-order valence-electron chi connectivity index (χ0n) is 14.5. The Kier molecular flexibility index (Phi) is 5.21. The highest BCUT2D eigenvalue weighted by Crippen LogP contribution is 2.40. The number of hydrogen-bond donors (Lipinski definition) is 0. The lowest BCUT2D eigenvalue weighted by Crippen LogP contribution is -2.18. The molecule has 4 nitrogen and oxygen atoms in total. The second-order valence-corrected chi connectivity index (χ2v) is 7.35. The molecule has 0 unspecified atom stereocenters. The van der Waals surface area contributed by atoms with E-state index < -0.39 is 0 Å². The van der Waals surface area contributed by atoms with Crippen LogP contribution in [0.4, 0.5) is 0 Å². The molecule has 6 heteroatoms. The molecule has 132 valence electrons. The third kappa shape index (κ3) is 3.33. The summed E-state index contributed by atoms with van der Waals surface area (Å²) in [4.78, 5) is 16.7. The van der Waals surface area contributed by atoms with Gasteiger partial charge in [0.15, 0.2) is 5.75 Å². The van der Waals surface area contributed by atoms with Crippen LogP contribution in [0.25, 0.3) is 21.7 Å². The fraction of sp³-hybridized carbons (Fsp3) is 0.368. The monoisotopic (exact) mass is 378 g/mol. The average Bonchev–Trinajstić information content (AvgIpc) is 2.58. The molecule has 0 aliphatic carbocycles. The zero-order valence-corrected chi connectivity index (χ0v) is 16.0. The molecule has 0 bridgehead atoms. The molecular formula is C19H20Cl2N2O2. The van der Waals surface area contributed by atoms with E-state index >= 15 is 0 Å². The summed E-state index contributed by atoms with van der Waals surface area (Å²) in [5.41, 5.74) is 0.471. The molecule has 3 aromatic rings. The molecule has 0 fully saturated rings. The third-order valence-corrected chi connectivity index (χ3v) is 4.94. The van der Waals surface area contributed by atoms with E-state index in [0.29, 0.717) is 39.2 Å². The minimum Gasteiger partial charge on any atom is -0.490 e. The van der Waals surface area contributed by atoms with E-state index in [1.807, 2.05) is 6.07 Å². The van der Waals surface area contributed by atoms with Crippen molar-refractivity contribution >= 4 is 44.9 Å².